The number of rotatable bonds is 5. The molecule has 0 aliphatic carbocycles. The summed E-state index contributed by atoms with van der Waals surface area (Å²) in [6.07, 6.45) is 0. The summed E-state index contributed by atoms with van der Waals surface area (Å²) >= 11 is 11.8. The van der Waals surface area contributed by atoms with Gasteiger partial charge >= 0.3 is 0 Å². The second-order valence-electron chi connectivity index (χ2n) is 6.23. The molecule has 10 heteroatoms. The van der Waals surface area contributed by atoms with Crippen LogP contribution in [0.2, 0.25) is 10.0 Å². The van der Waals surface area contributed by atoms with Crippen LogP contribution in [0.1, 0.15) is 5.56 Å². The van der Waals surface area contributed by atoms with Crippen LogP contribution in [-0.4, -0.2) is 38.0 Å². The summed E-state index contributed by atoms with van der Waals surface area (Å²) in [7, 11) is -3.83. The summed E-state index contributed by atoms with van der Waals surface area (Å²) in [5.74, 6) is -0.888. The molecule has 2 aromatic carbocycles. The Labute approximate surface area is 165 Å². The monoisotopic (exact) mass is 429 g/mol. The first-order chi connectivity index (χ1) is 12.7. The van der Waals surface area contributed by atoms with Crippen LogP contribution >= 0.6 is 23.2 Å². The second-order valence-corrected chi connectivity index (χ2v) is 8.98. The summed E-state index contributed by atoms with van der Waals surface area (Å²) in [4.78, 5) is -0.0655. The third-order valence-electron chi connectivity index (χ3n) is 4.09. The SMILES string of the molecule is N#Cc1cccc(OCC2(N)CN(S(=O)(=O)c3ccc(Cl)cc3Cl)C2)c1F. The van der Waals surface area contributed by atoms with Crippen molar-refractivity contribution < 1.29 is 17.5 Å². The second kappa shape index (κ2) is 7.26. The van der Waals surface area contributed by atoms with Gasteiger partial charge in [-0.15, -0.1) is 0 Å². The van der Waals surface area contributed by atoms with Crippen molar-refractivity contribution in [3.8, 4) is 11.8 Å². The average Bonchev–Trinajstić information content (AvgIpc) is 2.58. The summed E-state index contributed by atoms with van der Waals surface area (Å²) < 4.78 is 45.9. The molecule has 1 saturated heterocycles. The summed E-state index contributed by atoms with van der Waals surface area (Å²) in [6, 6.07) is 10.0. The van der Waals surface area contributed by atoms with Crippen molar-refractivity contribution in [2.45, 2.75) is 10.4 Å². The first-order valence-electron chi connectivity index (χ1n) is 7.72. The number of hydrogen-bond acceptors (Lipinski definition) is 5. The molecule has 2 aromatic rings. The number of benzene rings is 2. The predicted molar refractivity (Wildman–Crippen MR) is 98.7 cm³/mol. The molecule has 1 aliphatic rings. The van der Waals surface area contributed by atoms with Crippen LogP contribution in [0.25, 0.3) is 0 Å². The van der Waals surface area contributed by atoms with Crippen LogP contribution in [0.3, 0.4) is 0 Å². The summed E-state index contributed by atoms with van der Waals surface area (Å²) in [5.41, 5.74) is 5.00. The van der Waals surface area contributed by atoms with Gasteiger partial charge in [0.15, 0.2) is 11.6 Å². The van der Waals surface area contributed by atoms with Crippen molar-refractivity contribution in [3.63, 3.8) is 0 Å². The van der Waals surface area contributed by atoms with Gasteiger partial charge in [0.2, 0.25) is 10.0 Å². The van der Waals surface area contributed by atoms with Gasteiger partial charge in [0.1, 0.15) is 17.6 Å². The van der Waals surface area contributed by atoms with E-state index in [4.69, 9.17) is 38.9 Å². The Bertz CT molecular complexity index is 1030. The van der Waals surface area contributed by atoms with E-state index in [0.29, 0.717) is 5.02 Å². The van der Waals surface area contributed by atoms with Gasteiger partial charge in [-0.1, -0.05) is 29.3 Å². The van der Waals surface area contributed by atoms with Gasteiger partial charge < -0.3 is 10.5 Å². The van der Waals surface area contributed by atoms with E-state index in [1.54, 1.807) is 6.07 Å². The number of nitriles is 1. The maximum atomic E-state index is 14.0. The molecule has 0 spiro atoms. The number of nitrogens with two attached hydrogens (primary N) is 1. The fourth-order valence-corrected chi connectivity index (χ4v) is 5.05. The zero-order chi connectivity index (χ0) is 19.8. The van der Waals surface area contributed by atoms with Crippen molar-refractivity contribution in [2.24, 2.45) is 5.73 Å². The van der Waals surface area contributed by atoms with Crippen LogP contribution in [0.4, 0.5) is 4.39 Å². The molecule has 0 aromatic heterocycles. The maximum absolute atomic E-state index is 14.0. The number of hydrogen-bond donors (Lipinski definition) is 1. The van der Waals surface area contributed by atoms with Gasteiger partial charge in [-0.2, -0.15) is 9.57 Å². The smallest absolute Gasteiger partial charge is 0.244 e. The Kier molecular flexibility index (Phi) is 5.34. The Morgan fingerprint density at radius 1 is 1.30 bits per heavy atom. The van der Waals surface area contributed by atoms with Crippen LogP contribution < -0.4 is 10.5 Å². The molecular weight excluding hydrogens is 416 g/mol. The molecule has 0 saturated carbocycles. The lowest BCUT2D eigenvalue weighted by atomic mass is 9.95. The number of halogens is 3. The van der Waals surface area contributed by atoms with E-state index in [2.05, 4.69) is 0 Å². The zero-order valence-electron chi connectivity index (χ0n) is 13.8. The zero-order valence-corrected chi connectivity index (χ0v) is 16.2. The van der Waals surface area contributed by atoms with E-state index in [-0.39, 0.29) is 40.9 Å². The first kappa shape index (κ1) is 19.9. The van der Waals surface area contributed by atoms with Crippen molar-refractivity contribution in [2.75, 3.05) is 19.7 Å². The van der Waals surface area contributed by atoms with Crippen LogP contribution in [0.5, 0.6) is 5.75 Å². The van der Waals surface area contributed by atoms with Crippen LogP contribution in [-0.2, 0) is 10.0 Å². The maximum Gasteiger partial charge on any atom is 0.244 e. The molecule has 1 fully saturated rings. The van der Waals surface area contributed by atoms with Gasteiger partial charge in [0.05, 0.1) is 16.1 Å². The third kappa shape index (κ3) is 3.88. The fraction of sp³-hybridized carbons (Fsp3) is 0.235. The van der Waals surface area contributed by atoms with Crippen molar-refractivity contribution in [1.29, 1.82) is 5.26 Å². The molecule has 0 unspecified atom stereocenters. The van der Waals surface area contributed by atoms with E-state index in [9.17, 15) is 12.8 Å². The standard InChI is InChI=1S/C17H14Cl2FN3O3S/c18-12-4-5-15(13(19)6-12)27(24,25)23-8-17(22,9-23)10-26-14-3-1-2-11(7-21)16(14)20/h1-6H,8-10,22H2. The highest BCUT2D eigenvalue weighted by Crippen LogP contribution is 2.32. The minimum absolute atomic E-state index is 0.0173. The molecule has 27 heavy (non-hydrogen) atoms. The predicted octanol–water partition coefficient (Wildman–Crippen LogP) is 2.78. The molecule has 0 atom stereocenters. The van der Waals surface area contributed by atoms with Crippen LogP contribution in [0, 0.1) is 17.1 Å². The Morgan fingerprint density at radius 3 is 2.63 bits per heavy atom. The average molecular weight is 430 g/mol. The van der Waals surface area contributed by atoms with Gasteiger partial charge in [-0.05, 0) is 30.3 Å². The molecule has 0 amide bonds. The highest BCUT2D eigenvalue weighted by Gasteiger charge is 2.47. The topological polar surface area (TPSA) is 96.4 Å². The van der Waals surface area contributed by atoms with E-state index in [0.717, 1.165) is 4.31 Å². The summed E-state index contributed by atoms with van der Waals surface area (Å²) in [6.45, 7) is -0.152. The van der Waals surface area contributed by atoms with E-state index < -0.39 is 21.4 Å². The van der Waals surface area contributed by atoms with Crippen LogP contribution in [0.15, 0.2) is 41.3 Å². The highest BCUT2D eigenvalue weighted by atomic mass is 35.5. The minimum Gasteiger partial charge on any atom is -0.488 e. The van der Waals surface area contributed by atoms with E-state index >= 15 is 0 Å². The molecule has 142 valence electrons. The lowest BCUT2D eigenvalue weighted by Crippen LogP contribution is -2.71. The molecule has 1 aliphatic heterocycles. The molecule has 0 bridgehead atoms. The minimum atomic E-state index is -3.83. The lowest BCUT2D eigenvalue weighted by molar-refractivity contribution is 0.0933. The lowest BCUT2D eigenvalue weighted by Gasteiger charge is -2.46. The quantitative estimate of drug-likeness (QED) is 0.787. The number of sulfonamides is 1. The molecule has 6 nitrogen and oxygen atoms in total. The Hall–Kier alpha value is -1.89. The van der Waals surface area contributed by atoms with Crippen molar-refractivity contribution >= 4 is 33.2 Å². The normalized spacial score (nSPS) is 16.4. The highest BCUT2D eigenvalue weighted by molar-refractivity contribution is 7.89. The van der Waals surface area contributed by atoms with Crippen molar-refractivity contribution in [3.05, 3.63) is 57.8 Å². The van der Waals surface area contributed by atoms with Gasteiger partial charge in [0, 0.05) is 18.1 Å². The third-order valence-corrected chi connectivity index (χ3v) is 6.60. The Balaban J connectivity index is 1.68. The Morgan fingerprint density at radius 2 is 2.00 bits per heavy atom. The van der Waals surface area contributed by atoms with E-state index in [1.807, 2.05) is 0 Å². The van der Waals surface area contributed by atoms with Gasteiger partial charge in [0.25, 0.3) is 0 Å². The first-order valence-corrected chi connectivity index (χ1v) is 9.91. The van der Waals surface area contributed by atoms with E-state index in [1.165, 1.54) is 36.4 Å². The van der Waals surface area contributed by atoms with Gasteiger partial charge in [-0.25, -0.2) is 12.8 Å². The molecule has 0 radical (unpaired) electrons. The molecule has 1 heterocycles. The van der Waals surface area contributed by atoms with Crippen molar-refractivity contribution in [1.82, 2.24) is 4.31 Å². The molecular formula is C17H14Cl2FN3O3S. The molecule has 2 N–H and O–H groups in total. The fourth-order valence-electron chi connectivity index (χ4n) is 2.67. The number of ether oxygens (including phenoxy) is 1. The molecule has 3 rings (SSSR count). The van der Waals surface area contributed by atoms with Gasteiger partial charge in [-0.3, -0.25) is 0 Å². The summed E-state index contributed by atoms with van der Waals surface area (Å²) in [5, 5.41) is 9.18. The largest absolute Gasteiger partial charge is 0.488 e. The number of nitrogens with zero attached hydrogens (tertiary/aromatic N) is 2.